The summed E-state index contributed by atoms with van der Waals surface area (Å²) in [7, 11) is -4.16. The van der Waals surface area contributed by atoms with Crippen LogP contribution in [-0.2, 0) is 35.7 Å². The molecule has 0 spiro atoms. The van der Waals surface area contributed by atoms with Gasteiger partial charge in [0.05, 0.1) is 18.7 Å². The number of thiophene rings is 1. The van der Waals surface area contributed by atoms with Gasteiger partial charge in [0.25, 0.3) is 21.8 Å². The molecular weight excluding hydrogens is 458 g/mol. The Morgan fingerprint density at radius 3 is 2.56 bits per heavy atom. The lowest BCUT2D eigenvalue weighted by Gasteiger charge is -2.20. The lowest BCUT2D eigenvalue weighted by atomic mass is 10.2. The molecule has 0 aliphatic carbocycles. The van der Waals surface area contributed by atoms with Gasteiger partial charge in [-0.3, -0.25) is 19.2 Å². The zero-order valence-electron chi connectivity index (χ0n) is 17.1. The maximum absolute atomic E-state index is 12.5. The third-order valence-electron chi connectivity index (χ3n) is 4.65. The quantitative estimate of drug-likeness (QED) is 0.521. The summed E-state index contributed by atoms with van der Waals surface area (Å²) in [5, 5.41) is 4.59. The van der Waals surface area contributed by atoms with Crippen LogP contribution in [-0.4, -0.2) is 67.6 Å². The number of ether oxygens (including phenoxy) is 1. The number of sulfonamides is 1. The highest BCUT2D eigenvalue weighted by molar-refractivity contribution is 7.90. The van der Waals surface area contributed by atoms with Crippen molar-refractivity contribution < 1.29 is 32.3 Å². The van der Waals surface area contributed by atoms with E-state index in [1.807, 2.05) is 17.5 Å². The summed E-state index contributed by atoms with van der Waals surface area (Å²) < 4.78 is 30.2. The van der Waals surface area contributed by atoms with Gasteiger partial charge >= 0.3 is 5.97 Å². The second-order valence-electron chi connectivity index (χ2n) is 6.74. The summed E-state index contributed by atoms with van der Waals surface area (Å²) in [6.45, 7) is 0.469. The molecule has 0 fully saturated rings. The van der Waals surface area contributed by atoms with Gasteiger partial charge in [-0.15, -0.1) is 11.3 Å². The number of nitrogens with zero attached hydrogens (tertiary/aromatic N) is 2. The molecule has 3 amide bonds. The van der Waals surface area contributed by atoms with E-state index in [1.165, 1.54) is 40.5 Å². The number of likely N-dealkylation sites (N-methyl/N-ethyl adjacent to an activating group) is 1. The van der Waals surface area contributed by atoms with E-state index in [1.54, 1.807) is 6.92 Å². The molecule has 0 unspecified atom stereocenters. The van der Waals surface area contributed by atoms with Crippen molar-refractivity contribution in [1.29, 1.82) is 0 Å². The van der Waals surface area contributed by atoms with E-state index < -0.39 is 41.0 Å². The summed E-state index contributed by atoms with van der Waals surface area (Å²) in [6, 6.07) is 9.36. The van der Waals surface area contributed by atoms with Gasteiger partial charge in [0.2, 0.25) is 5.91 Å². The van der Waals surface area contributed by atoms with Crippen molar-refractivity contribution in [2.24, 2.45) is 0 Å². The number of fused-ring (bicyclic) bond motifs is 1. The highest BCUT2D eigenvalue weighted by Crippen LogP contribution is 2.29. The monoisotopic (exact) mass is 479 g/mol. The van der Waals surface area contributed by atoms with Crippen molar-refractivity contribution in [1.82, 2.24) is 14.5 Å². The first-order valence-electron chi connectivity index (χ1n) is 9.62. The molecule has 0 radical (unpaired) electrons. The van der Waals surface area contributed by atoms with Crippen LogP contribution in [0.5, 0.6) is 0 Å². The molecule has 2 aromatic rings. The van der Waals surface area contributed by atoms with Gasteiger partial charge in [-0.25, -0.2) is 12.7 Å². The summed E-state index contributed by atoms with van der Waals surface area (Å²) in [5.74, 6) is -2.87. The standard InChI is InChI=1S/C20H21N3O7S2/c1-2-22(11-17(24)21-10-14-6-5-9-31-14)18(25)13-30-19(26)12-23-20(27)15-7-3-4-8-16(15)32(23,28)29/h3-9H,2,10-13H2,1H3,(H,21,24). The van der Waals surface area contributed by atoms with E-state index in [0.717, 1.165) is 4.88 Å². The number of amides is 3. The Bertz CT molecular complexity index is 1130. The Morgan fingerprint density at radius 1 is 1.16 bits per heavy atom. The van der Waals surface area contributed by atoms with Gasteiger partial charge in [-0.1, -0.05) is 18.2 Å². The minimum absolute atomic E-state index is 0.0258. The van der Waals surface area contributed by atoms with Gasteiger partial charge in [0.15, 0.2) is 6.61 Å². The number of esters is 1. The Kier molecular flexibility index (Phi) is 7.26. The molecule has 0 bridgehead atoms. The second-order valence-corrected chi connectivity index (χ2v) is 9.60. The normalized spacial score (nSPS) is 14.0. The van der Waals surface area contributed by atoms with Crippen LogP contribution in [0.15, 0.2) is 46.7 Å². The molecule has 1 aliphatic heterocycles. The van der Waals surface area contributed by atoms with Crippen LogP contribution in [0.1, 0.15) is 22.2 Å². The third-order valence-corrected chi connectivity index (χ3v) is 7.31. The fraction of sp³-hybridized carbons (Fsp3) is 0.300. The fourth-order valence-corrected chi connectivity index (χ4v) is 5.15. The Labute approximate surface area is 188 Å². The maximum Gasteiger partial charge on any atom is 0.327 e. The number of rotatable bonds is 9. The average molecular weight is 480 g/mol. The number of hydrogen-bond donors (Lipinski definition) is 1. The first kappa shape index (κ1) is 23.4. The fourth-order valence-electron chi connectivity index (χ4n) is 2.99. The predicted molar refractivity (Wildman–Crippen MR) is 114 cm³/mol. The highest BCUT2D eigenvalue weighted by Gasteiger charge is 2.42. The summed E-state index contributed by atoms with van der Waals surface area (Å²) in [5.41, 5.74) is -0.0258. The second kappa shape index (κ2) is 9.92. The van der Waals surface area contributed by atoms with Crippen molar-refractivity contribution >= 4 is 45.1 Å². The van der Waals surface area contributed by atoms with E-state index in [-0.39, 0.29) is 29.5 Å². The van der Waals surface area contributed by atoms with Gasteiger partial charge in [-0.05, 0) is 30.5 Å². The van der Waals surface area contributed by atoms with Crippen LogP contribution in [0.2, 0.25) is 0 Å². The van der Waals surface area contributed by atoms with Crippen molar-refractivity contribution in [3.05, 3.63) is 52.2 Å². The molecule has 1 aromatic carbocycles. The average Bonchev–Trinajstić information content (AvgIpc) is 3.36. The molecular formula is C20H21N3O7S2. The molecule has 32 heavy (non-hydrogen) atoms. The van der Waals surface area contributed by atoms with E-state index in [2.05, 4.69) is 5.32 Å². The number of carbonyl (C=O) groups excluding carboxylic acids is 4. The van der Waals surface area contributed by atoms with Crippen molar-refractivity contribution in [2.75, 3.05) is 26.2 Å². The lowest BCUT2D eigenvalue weighted by Crippen LogP contribution is -2.43. The smallest absolute Gasteiger partial charge is 0.327 e. The molecule has 0 saturated heterocycles. The van der Waals surface area contributed by atoms with Crippen molar-refractivity contribution in [2.45, 2.75) is 18.4 Å². The molecule has 1 aromatic heterocycles. The molecule has 2 heterocycles. The summed E-state index contributed by atoms with van der Waals surface area (Å²) in [6.07, 6.45) is 0. The largest absolute Gasteiger partial charge is 0.454 e. The van der Waals surface area contributed by atoms with Crippen LogP contribution < -0.4 is 5.32 Å². The number of carbonyl (C=O) groups is 4. The number of nitrogens with one attached hydrogen (secondary N) is 1. The minimum Gasteiger partial charge on any atom is -0.454 e. The molecule has 1 aliphatic rings. The zero-order valence-corrected chi connectivity index (χ0v) is 18.8. The number of benzene rings is 1. The Morgan fingerprint density at radius 2 is 1.91 bits per heavy atom. The van der Waals surface area contributed by atoms with Crippen molar-refractivity contribution in [3.63, 3.8) is 0 Å². The molecule has 3 rings (SSSR count). The van der Waals surface area contributed by atoms with Crippen LogP contribution in [0.4, 0.5) is 0 Å². The summed E-state index contributed by atoms with van der Waals surface area (Å²) >= 11 is 1.49. The highest BCUT2D eigenvalue weighted by atomic mass is 32.2. The maximum atomic E-state index is 12.5. The molecule has 170 valence electrons. The van der Waals surface area contributed by atoms with Gasteiger partial charge in [0, 0.05) is 11.4 Å². The SMILES string of the molecule is CCN(CC(=O)NCc1cccs1)C(=O)COC(=O)CN1C(=O)c2ccccc2S1(=O)=O. The Balaban J connectivity index is 1.50. The summed E-state index contributed by atoms with van der Waals surface area (Å²) in [4.78, 5) is 50.8. The van der Waals surface area contributed by atoms with E-state index in [9.17, 15) is 27.6 Å². The van der Waals surface area contributed by atoms with Crippen LogP contribution in [0.25, 0.3) is 0 Å². The molecule has 0 saturated carbocycles. The topological polar surface area (TPSA) is 130 Å². The van der Waals surface area contributed by atoms with Gasteiger partial charge in [0.1, 0.15) is 11.4 Å². The molecule has 0 atom stereocenters. The zero-order chi connectivity index (χ0) is 23.3. The van der Waals surface area contributed by atoms with Crippen LogP contribution in [0, 0.1) is 0 Å². The first-order chi connectivity index (χ1) is 15.2. The molecule has 10 nitrogen and oxygen atoms in total. The van der Waals surface area contributed by atoms with Crippen LogP contribution >= 0.6 is 11.3 Å². The van der Waals surface area contributed by atoms with Gasteiger partial charge < -0.3 is 15.0 Å². The minimum atomic E-state index is -4.16. The third kappa shape index (κ3) is 5.14. The lowest BCUT2D eigenvalue weighted by molar-refractivity contribution is -0.152. The van der Waals surface area contributed by atoms with E-state index in [0.29, 0.717) is 10.8 Å². The molecule has 12 heteroatoms. The first-order valence-corrected chi connectivity index (χ1v) is 11.9. The van der Waals surface area contributed by atoms with Crippen molar-refractivity contribution in [3.8, 4) is 0 Å². The van der Waals surface area contributed by atoms with Crippen LogP contribution in [0.3, 0.4) is 0 Å². The van der Waals surface area contributed by atoms with E-state index >= 15 is 0 Å². The molecule has 1 N–H and O–H groups in total. The predicted octanol–water partition coefficient (Wildman–Crippen LogP) is 0.601. The Hall–Kier alpha value is -3.25. The number of hydrogen-bond acceptors (Lipinski definition) is 8. The van der Waals surface area contributed by atoms with E-state index in [4.69, 9.17) is 4.74 Å². The van der Waals surface area contributed by atoms with Gasteiger partial charge in [-0.2, -0.15) is 0 Å².